The lowest BCUT2D eigenvalue weighted by atomic mass is 10.1. The average molecular weight is 310 g/mol. The predicted molar refractivity (Wildman–Crippen MR) is 75.4 cm³/mol. The number of nitrogens with zero attached hydrogens (tertiary/aromatic N) is 1. The van der Waals surface area contributed by atoms with E-state index in [1.807, 2.05) is 0 Å². The maximum atomic E-state index is 13.8. The van der Waals surface area contributed by atoms with Crippen molar-refractivity contribution < 1.29 is 17.2 Å². The first kappa shape index (κ1) is 13.8. The van der Waals surface area contributed by atoms with Crippen LogP contribution in [0.3, 0.4) is 0 Å². The molecule has 0 aromatic heterocycles. The molecule has 0 saturated carbocycles. The van der Waals surface area contributed by atoms with Gasteiger partial charge in [-0.3, -0.25) is 4.31 Å². The van der Waals surface area contributed by atoms with Gasteiger partial charge in [-0.15, -0.1) is 0 Å². The number of fused-ring (bicyclic) bond motifs is 1. The molecule has 0 bridgehead atoms. The standard InChI is InChI=1S/C14H12F2N2O2S/c15-9-4-5-14(11(16)8-9)21(19,20)18-7-6-10-12(17)2-1-3-13(10)18/h1-5,8H,6-7,17H2. The summed E-state index contributed by atoms with van der Waals surface area (Å²) >= 11 is 0. The van der Waals surface area contributed by atoms with E-state index in [0.29, 0.717) is 23.9 Å². The molecular weight excluding hydrogens is 298 g/mol. The van der Waals surface area contributed by atoms with Crippen molar-refractivity contribution in [1.82, 2.24) is 0 Å². The third-order valence-electron chi connectivity index (χ3n) is 3.48. The molecule has 2 N–H and O–H groups in total. The van der Waals surface area contributed by atoms with Gasteiger partial charge in [-0.1, -0.05) is 6.07 Å². The molecule has 2 aromatic rings. The summed E-state index contributed by atoms with van der Waals surface area (Å²) in [5.74, 6) is -1.93. The highest BCUT2D eigenvalue weighted by Gasteiger charge is 2.33. The Morgan fingerprint density at radius 3 is 2.62 bits per heavy atom. The average Bonchev–Trinajstić information content (AvgIpc) is 2.84. The highest BCUT2D eigenvalue weighted by atomic mass is 32.2. The molecule has 0 saturated heterocycles. The van der Waals surface area contributed by atoms with Crippen molar-refractivity contribution in [3.63, 3.8) is 0 Å². The van der Waals surface area contributed by atoms with Gasteiger partial charge >= 0.3 is 0 Å². The highest BCUT2D eigenvalue weighted by molar-refractivity contribution is 7.92. The van der Waals surface area contributed by atoms with Gasteiger partial charge in [0.15, 0.2) is 0 Å². The number of sulfonamides is 1. The first-order valence-electron chi connectivity index (χ1n) is 6.26. The fourth-order valence-corrected chi connectivity index (χ4v) is 4.03. The lowest BCUT2D eigenvalue weighted by Gasteiger charge is -2.20. The molecule has 0 aliphatic carbocycles. The van der Waals surface area contributed by atoms with Gasteiger partial charge in [-0.25, -0.2) is 17.2 Å². The molecule has 0 fully saturated rings. The fourth-order valence-electron chi connectivity index (χ4n) is 2.48. The Balaban J connectivity index is 2.12. The lowest BCUT2D eigenvalue weighted by Crippen LogP contribution is -2.29. The maximum Gasteiger partial charge on any atom is 0.267 e. The van der Waals surface area contributed by atoms with Gasteiger partial charge < -0.3 is 5.73 Å². The smallest absolute Gasteiger partial charge is 0.267 e. The summed E-state index contributed by atoms with van der Waals surface area (Å²) in [6, 6.07) is 7.37. The van der Waals surface area contributed by atoms with Crippen LogP contribution < -0.4 is 10.0 Å². The normalized spacial score (nSPS) is 14.3. The number of nitrogens with two attached hydrogens (primary N) is 1. The first-order chi connectivity index (χ1) is 9.91. The van der Waals surface area contributed by atoms with E-state index < -0.39 is 26.6 Å². The van der Waals surface area contributed by atoms with Crippen molar-refractivity contribution in [3.8, 4) is 0 Å². The van der Waals surface area contributed by atoms with Gasteiger partial charge in [0.2, 0.25) is 0 Å². The summed E-state index contributed by atoms with van der Waals surface area (Å²) in [6.07, 6.45) is 0.462. The largest absolute Gasteiger partial charge is 0.398 e. The second kappa shape index (κ2) is 4.70. The van der Waals surface area contributed by atoms with E-state index in [2.05, 4.69) is 0 Å². The van der Waals surface area contributed by atoms with Gasteiger partial charge in [0.1, 0.15) is 16.5 Å². The van der Waals surface area contributed by atoms with Crippen LogP contribution in [-0.4, -0.2) is 15.0 Å². The van der Waals surface area contributed by atoms with E-state index >= 15 is 0 Å². The third-order valence-corrected chi connectivity index (χ3v) is 5.33. The summed E-state index contributed by atoms with van der Waals surface area (Å²) in [4.78, 5) is -0.542. The summed E-state index contributed by atoms with van der Waals surface area (Å²) < 4.78 is 53.0. The summed E-state index contributed by atoms with van der Waals surface area (Å²) in [5.41, 5.74) is 7.49. The zero-order valence-corrected chi connectivity index (χ0v) is 11.7. The van der Waals surface area contributed by atoms with Crippen LogP contribution in [0.2, 0.25) is 0 Å². The molecule has 7 heteroatoms. The summed E-state index contributed by atoms with van der Waals surface area (Å²) in [5, 5.41) is 0. The Bertz CT molecular complexity index is 822. The Labute approximate surface area is 120 Å². The molecular formula is C14H12F2N2O2S. The molecule has 1 aliphatic rings. The summed E-state index contributed by atoms with van der Waals surface area (Å²) in [6.45, 7) is 0.183. The molecule has 0 spiro atoms. The second-order valence-electron chi connectivity index (χ2n) is 4.75. The van der Waals surface area contributed by atoms with Gasteiger partial charge in [0, 0.05) is 23.9 Å². The van der Waals surface area contributed by atoms with Gasteiger partial charge in [0.25, 0.3) is 10.0 Å². The third kappa shape index (κ3) is 2.13. The summed E-state index contributed by atoms with van der Waals surface area (Å²) in [7, 11) is -4.08. The Kier molecular flexibility index (Phi) is 3.09. The minimum atomic E-state index is -4.08. The molecule has 3 rings (SSSR count). The Hall–Kier alpha value is -2.15. The van der Waals surface area contributed by atoms with Crippen molar-refractivity contribution in [2.75, 3.05) is 16.6 Å². The molecule has 1 aliphatic heterocycles. The van der Waals surface area contributed by atoms with E-state index in [4.69, 9.17) is 5.73 Å². The van der Waals surface area contributed by atoms with Gasteiger partial charge in [0.05, 0.1) is 5.69 Å². The Morgan fingerprint density at radius 1 is 1.14 bits per heavy atom. The SMILES string of the molecule is Nc1cccc2c1CCN2S(=O)(=O)c1ccc(F)cc1F. The molecule has 0 radical (unpaired) electrons. The zero-order valence-electron chi connectivity index (χ0n) is 10.9. The van der Waals surface area contributed by atoms with E-state index in [9.17, 15) is 17.2 Å². The van der Waals surface area contributed by atoms with E-state index in [-0.39, 0.29) is 6.54 Å². The number of nitrogen functional groups attached to an aromatic ring is 1. The minimum Gasteiger partial charge on any atom is -0.398 e. The number of benzene rings is 2. The quantitative estimate of drug-likeness (QED) is 0.866. The zero-order chi connectivity index (χ0) is 15.2. The van der Waals surface area contributed by atoms with Crippen molar-refractivity contribution >= 4 is 21.4 Å². The number of anilines is 2. The van der Waals surface area contributed by atoms with Crippen LogP contribution >= 0.6 is 0 Å². The Morgan fingerprint density at radius 2 is 1.90 bits per heavy atom. The van der Waals surface area contributed by atoms with Crippen LogP contribution in [0.4, 0.5) is 20.2 Å². The topological polar surface area (TPSA) is 63.4 Å². The van der Waals surface area contributed by atoms with Crippen LogP contribution in [0.1, 0.15) is 5.56 Å². The van der Waals surface area contributed by atoms with E-state index in [0.717, 1.165) is 22.0 Å². The molecule has 21 heavy (non-hydrogen) atoms. The molecule has 4 nitrogen and oxygen atoms in total. The molecule has 2 aromatic carbocycles. The van der Waals surface area contributed by atoms with Gasteiger partial charge in [-0.05, 0) is 30.7 Å². The minimum absolute atomic E-state index is 0.183. The molecule has 0 amide bonds. The van der Waals surface area contributed by atoms with E-state index in [1.54, 1.807) is 18.2 Å². The number of halogens is 2. The van der Waals surface area contributed by atoms with Crippen LogP contribution in [-0.2, 0) is 16.4 Å². The van der Waals surface area contributed by atoms with Crippen LogP contribution in [0.5, 0.6) is 0 Å². The highest BCUT2D eigenvalue weighted by Crippen LogP contribution is 2.36. The predicted octanol–water partition coefficient (Wildman–Crippen LogP) is 2.30. The molecule has 1 heterocycles. The van der Waals surface area contributed by atoms with Gasteiger partial charge in [-0.2, -0.15) is 0 Å². The van der Waals surface area contributed by atoms with Crippen molar-refractivity contribution in [3.05, 3.63) is 53.6 Å². The second-order valence-corrected chi connectivity index (χ2v) is 6.58. The van der Waals surface area contributed by atoms with Crippen molar-refractivity contribution in [2.45, 2.75) is 11.3 Å². The monoisotopic (exact) mass is 310 g/mol. The first-order valence-corrected chi connectivity index (χ1v) is 7.70. The van der Waals surface area contributed by atoms with E-state index in [1.165, 1.54) is 0 Å². The molecule has 0 unspecified atom stereocenters. The van der Waals surface area contributed by atoms with Crippen LogP contribution in [0.25, 0.3) is 0 Å². The van der Waals surface area contributed by atoms with Crippen LogP contribution in [0, 0.1) is 11.6 Å². The lowest BCUT2D eigenvalue weighted by molar-refractivity contribution is 0.547. The number of rotatable bonds is 2. The molecule has 110 valence electrons. The maximum absolute atomic E-state index is 13.8. The van der Waals surface area contributed by atoms with Crippen LogP contribution in [0.15, 0.2) is 41.3 Å². The van der Waals surface area contributed by atoms with Crippen molar-refractivity contribution in [2.24, 2.45) is 0 Å². The molecule has 0 atom stereocenters. The number of hydrogen-bond donors (Lipinski definition) is 1. The van der Waals surface area contributed by atoms with Crippen molar-refractivity contribution in [1.29, 1.82) is 0 Å². The number of hydrogen-bond acceptors (Lipinski definition) is 3. The fraction of sp³-hybridized carbons (Fsp3) is 0.143.